The summed E-state index contributed by atoms with van der Waals surface area (Å²) in [5.74, 6) is -0.496. The Morgan fingerprint density at radius 2 is 2.00 bits per heavy atom. The third-order valence-electron chi connectivity index (χ3n) is 1.10. The molecular weight excluding hydrogens is 173 g/mol. The van der Waals surface area contributed by atoms with Crippen LogP contribution in [-0.2, 0) is 4.79 Å². The summed E-state index contributed by atoms with van der Waals surface area (Å²) in [6, 6.07) is 0. The Balaban J connectivity index is 3.17. The third-order valence-corrected chi connectivity index (χ3v) is 1.10. The molecule has 0 saturated carbocycles. The SMILES string of the molecule is NC(=O)CCCNCC(F)(F)F. The van der Waals surface area contributed by atoms with Crippen LogP contribution < -0.4 is 11.1 Å². The Morgan fingerprint density at radius 1 is 1.42 bits per heavy atom. The average Bonchev–Trinajstić information content (AvgIpc) is 1.83. The normalized spacial score (nSPS) is 11.6. The molecule has 0 aliphatic carbocycles. The zero-order valence-corrected chi connectivity index (χ0v) is 6.45. The largest absolute Gasteiger partial charge is 0.401 e. The van der Waals surface area contributed by atoms with Crippen LogP contribution >= 0.6 is 0 Å². The quantitative estimate of drug-likeness (QED) is 0.608. The van der Waals surface area contributed by atoms with Crippen molar-refractivity contribution >= 4 is 5.91 Å². The highest BCUT2D eigenvalue weighted by Crippen LogP contribution is 2.11. The molecule has 6 heteroatoms. The smallest absolute Gasteiger partial charge is 0.370 e. The minimum atomic E-state index is -4.19. The average molecular weight is 184 g/mol. The molecule has 0 aliphatic heterocycles. The number of rotatable bonds is 5. The van der Waals surface area contributed by atoms with Crippen molar-refractivity contribution in [2.45, 2.75) is 19.0 Å². The van der Waals surface area contributed by atoms with Crippen LogP contribution in [0.25, 0.3) is 0 Å². The van der Waals surface area contributed by atoms with Gasteiger partial charge in [0.15, 0.2) is 0 Å². The fraction of sp³-hybridized carbons (Fsp3) is 0.833. The number of nitrogens with one attached hydrogen (secondary N) is 1. The van der Waals surface area contributed by atoms with E-state index in [0.717, 1.165) is 0 Å². The van der Waals surface area contributed by atoms with Gasteiger partial charge in [0.05, 0.1) is 6.54 Å². The van der Waals surface area contributed by atoms with Crippen molar-refractivity contribution in [1.29, 1.82) is 0 Å². The van der Waals surface area contributed by atoms with E-state index in [1.165, 1.54) is 0 Å². The molecule has 0 aromatic rings. The minimum absolute atomic E-state index is 0.116. The van der Waals surface area contributed by atoms with Gasteiger partial charge in [0, 0.05) is 6.42 Å². The van der Waals surface area contributed by atoms with Gasteiger partial charge in [-0.1, -0.05) is 0 Å². The molecule has 3 N–H and O–H groups in total. The van der Waals surface area contributed by atoms with E-state index in [4.69, 9.17) is 5.73 Å². The maximum Gasteiger partial charge on any atom is 0.401 e. The first kappa shape index (κ1) is 11.2. The summed E-state index contributed by atoms with van der Waals surface area (Å²) in [6.07, 6.45) is -3.73. The van der Waals surface area contributed by atoms with Gasteiger partial charge in [-0.05, 0) is 13.0 Å². The Morgan fingerprint density at radius 3 is 2.42 bits per heavy atom. The number of carbonyl (C=O) groups excluding carboxylic acids is 1. The van der Waals surface area contributed by atoms with E-state index in [-0.39, 0.29) is 13.0 Å². The summed E-state index contributed by atoms with van der Waals surface area (Å²) in [5.41, 5.74) is 4.77. The Hall–Kier alpha value is -0.780. The summed E-state index contributed by atoms with van der Waals surface area (Å²) in [4.78, 5) is 10.1. The molecule has 0 saturated heterocycles. The van der Waals surface area contributed by atoms with Gasteiger partial charge in [-0.3, -0.25) is 4.79 Å². The lowest BCUT2D eigenvalue weighted by Gasteiger charge is -2.06. The molecule has 0 aromatic carbocycles. The standard InChI is InChI=1S/C6H11F3N2O/c7-6(8,9)4-11-3-1-2-5(10)12/h11H,1-4H2,(H2,10,12). The number of alkyl halides is 3. The molecule has 0 atom stereocenters. The van der Waals surface area contributed by atoms with Crippen molar-refractivity contribution in [2.75, 3.05) is 13.1 Å². The van der Waals surface area contributed by atoms with Crippen LogP contribution in [-0.4, -0.2) is 25.2 Å². The third kappa shape index (κ3) is 9.22. The zero-order valence-electron chi connectivity index (χ0n) is 6.45. The fourth-order valence-electron chi connectivity index (χ4n) is 0.618. The zero-order chi connectivity index (χ0) is 9.61. The highest BCUT2D eigenvalue weighted by Gasteiger charge is 2.25. The molecule has 0 radical (unpaired) electrons. The summed E-state index contributed by atoms with van der Waals surface area (Å²) in [7, 11) is 0. The van der Waals surface area contributed by atoms with Gasteiger partial charge in [-0.2, -0.15) is 13.2 Å². The number of nitrogens with two attached hydrogens (primary N) is 1. The van der Waals surface area contributed by atoms with Crippen LogP contribution in [0.3, 0.4) is 0 Å². The van der Waals surface area contributed by atoms with E-state index in [1.807, 2.05) is 0 Å². The predicted molar refractivity (Wildman–Crippen MR) is 37.4 cm³/mol. The van der Waals surface area contributed by atoms with Crippen molar-refractivity contribution in [3.63, 3.8) is 0 Å². The van der Waals surface area contributed by atoms with E-state index in [0.29, 0.717) is 6.42 Å². The van der Waals surface area contributed by atoms with Crippen molar-refractivity contribution < 1.29 is 18.0 Å². The Kier molecular flexibility index (Phi) is 4.65. The summed E-state index contributed by atoms with van der Waals surface area (Å²) >= 11 is 0. The molecule has 0 aliphatic rings. The van der Waals surface area contributed by atoms with Crippen LogP contribution in [0.5, 0.6) is 0 Å². The lowest BCUT2D eigenvalue weighted by atomic mass is 10.3. The Labute approximate surface area is 68.1 Å². The van der Waals surface area contributed by atoms with Crippen molar-refractivity contribution in [1.82, 2.24) is 5.32 Å². The van der Waals surface area contributed by atoms with Gasteiger partial charge < -0.3 is 11.1 Å². The molecule has 0 rings (SSSR count). The van der Waals surface area contributed by atoms with E-state index in [2.05, 4.69) is 5.32 Å². The van der Waals surface area contributed by atoms with Gasteiger partial charge in [0.1, 0.15) is 0 Å². The maximum absolute atomic E-state index is 11.5. The molecule has 0 fully saturated rings. The van der Waals surface area contributed by atoms with Crippen molar-refractivity contribution in [3.8, 4) is 0 Å². The predicted octanol–water partition coefficient (Wildman–Crippen LogP) is 0.404. The number of halogens is 3. The van der Waals surface area contributed by atoms with Crippen molar-refractivity contribution in [3.05, 3.63) is 0 Å². The van der Waals surface area contributed by atoms with Gasteiger partial charge >= 0.3 is 6.18 Å². The summed E-state index contributed by atoms with van der Waals surface area (Å²) in [6.45, 7) is -0.867. The first-order chi connectivity index (χ1) is 5.42. The molecule has 0 bridgehead atoms. The molecule has 12 heavy (non-hydrogen) atoms. The number of primary amides is 1. The molecule has 72 valence electrons. The van der Waals surface area contributed by atoms with Crippen LogP contribution in [0.2, 0.25) is 0 Å². The van der Waals surface area contributed by atoms with E-state index in [9.17, 15) is 18.0 Å². The molecule has 0 heterocycles. The molecule has 0 unspecified atom stereocenters. The first-order valence-electron chi connectivity index (χ1n) is 3.47. The number of amides is 1. The van der Waals surface area contributed by atoms with Crippen LogP contribution in [0, 0.1) is 0 Å². The lowest BCUT2D eigenvalue weighted by Crippen LogP contribution is -2.29. The number of hydrogen-bond donors (Lipinski definition) is 2. The van der Waals surface area contributed by atoms with Crippen LogP contribution in [0.15, 0.2) is 0 Å². The highest BCUT2D eigenvalue weighted by molar-refractivity contribution is 5.73. The summed E-state index contributed by atoms with van der Waals surface area (Å²) < 4.78 is 34.5. The van der Waals surface area contributed by atoms with E-state index in [1.54, 1.807) is 0 Å². The lowest BCUT2D eigenvalue weighted by molar-refractivity contribution is -0.124. The van der Waals surface area contributed by atoms with Gasteiger partial charge in [-0.15, -0.1) is 0 Å². The van der Waals surface area contributed by atoms with Crippen LogP contribution in [0.1, 0.15) is 12.8 Å². The van der Waals surface area contributed by atoms with Crippen molar-refractivity contribution in [2.24, 2.45) is 5.73 Å². The molecule has 0 aromatic heterocycles. The topological polar surface area (TPSA) is 55.1 Å². The van der Waals surface area contributed by atoms with Gasteiger partial charge in [-0.25, -0.2) is 0 Å². The molecule has 0 spiro atoms. The van der Waals surface area contributed by atoms with Gasteiger partial charge in [0.25, 0.3) is 0 Å². The van der Waals surface area contributed by atoms with E-state index < -0.39 is 18.6 Å². The number of carbonyl (C=O) groups is 1. The fourth-order valence-corrected chi connectivity index (χ4v) is 0.618. The minimum Gasteiger partial charge on any atom is -0.370 e. The van der Waals surface area contributed by atoms with Crippen LogP contribution in [0.4, 0.5) is 13.2 Å². The Bertz CT molecular complexity index is 146. The summed E-state index contributed by atoms with van der Waals surface area (Å²) in [5, 5.41) is 2.15. The molecule has 3 nitrogen and oxygen atoms in total. The number of hydrogen-bond acceptors (Lipinski definition) is 2. The maximum atomic E-state index is 11.5. The highest BCUT2D eigenvalue weighted by atomic mass is 19.4. The first-order valence-corrected chi connectivity index (χ1v) is 3.47. The second-order valence-corrected chi connectivity index (χ2v) is 2.36. The second-order valence-electron chi connectivity index (χ2n) is 2.36. The molecular formula is C6H11F3N2O. The second kappa shape index (κ2) is 4.97. The van der Waals surface area contributed by atoms with Gasteiger partial charge in [0.2, 0.25) is 5.91 Å². The molecule has 1 amide bonds. The van der Waals surface area contributed by atoms with E-state index >= 15 is 0 Å². The monoisotopic (exact) mass is 184 g/mol.